The van der Waals surface area contributed by atoms with Crippen LogP contribution in [0.3, 0.4) is 0 Å². The molecule has 0 radical (unpaired) electrons. The molecule has 0 saturated heterocycles. The summed E-state index contributed by atoms with van der Waals surface area (Å²) < 4.78 is 29.7. The van der Waals surface area contributed by atoms with Crippen LogP contribution >= 0.6 is 11.6 Å². The summed E-state index contributed by atoms with van der Waals surface area (Å²) in [4.78, 5) is 20.0. The number of carbonyl (C=O) groups is 1. The minimum absolute atomic E-state index is 0.0110. The molecule has 0 aliphatic carbocycles. The van der Waals surface area contributed by atoms with Crippen molar-refractivity contribution >= 4 is 40.0 Å². The van der Waals surface area contributed by atoms with E-state index >= 15 is 0 Å². The number of anilines is 2. The number of halogens is 2. The number of aromatic nitrogens is 2. The van der Waals surface area contributed by atoms with Gasteiger partial charge in [-0.05, 0) is 44.0 Å². The van der Waals surface area contributed by atoms with Crippen molar-refractivity contribution in [3.63, 3.8) is 0 Å². The fraction of sp³-hybridized carbons (Fsp3) is 0.318. The molecule has 7 nitrogen and oxygen atoms in total. The summed E-state index contributed by atoms with van der Waals surface area (Å²) in [7, 11) is 1.55. The quantitative estimate of drug-likeness (QED) is 0.334. The first-order valence-corrected chi connectivity index (χ1v) is 10.2. The Balaban J connectivity index is 1.76. The first kappa shape index (κ1) is 22.6. The average molecular weight is 448 g/mol. The normalized spacial score (nSPS) is 10.7. The maximum atomic E-state index is 13.4. The summed E-state index contributed by atoms with van der Waals surface area (Å²) >= 11 is 5.87. The number of ether oxygens (including phenoxy) is 3. The number of hydrogen-bond donors (Lipinski definition) is 1. The minimum atomic E-state index is -0.497. The van der Waals surface area contributed by atoms with E-state index < -0.39 is 5.82 Å². The number of carbonyl (C=O) groups excluding carboxylic acids is 1. The summed E-state index contributed by atoms with van der Waals surface area (Å²) in [5.74, 6) is 0.874. The van der Waals surface area contributed by atoms with E-state index in [2.05, 4.69) is 15.3 Å². The molecule has 0 aliphatic heterocycles. The fourth-order valence-corrected chi connectivity index (χ4v) is 3.11. The Hall–Kier alpha value is -3.13. The Morgan fingerprint density at radius 1 is 1.16 bits per heavy atom. The van der Waals surface area contributed by atoms with Crippen LogP contribution in [0.5, 0.6) is 11.5 Å². The zero-order chi connectivity index (χ0) is 22.2. The van der Waals surface area contributed by atoms with Gasteiger partial charge >= 0.3 is 5.97 Å². The Bertz CT molecular complexity index is 1060. The van der Waals surface area contributed by atoms with Crippen molar-refractivity contribution in [3.05, 3.63) is 47.5 Å². The number of nitrogens with one attached hydrogen (secondary N) is 1. The van der Waals surface area contributed by atoms with Crippen LogP contribution in [0.1, 0.15) is 26.2 Å². The van der Waals surface area contributed by atoms with Crippen molar-refractivity contribution in [2.45, 2.75) is 26.2 Å². The van der Waals surface area contributed by atoms with Gasteiger partial charge < -0.3 is 19.5 Å². The molecule has 0 saturated carbocycles. The van der Waals surface area contributed by atoms with Crippen molar-refractivity contribution in [1.29, 1.82) is 0 Å². The summed E-state index contributed by atoms with van der Waals surface area (Å²) in [5.41, 5.74) is 1.24. The third kappa shape index (κ3) is 5.95. The highest BCUT2D eigenvalue weighted by Crippen LogP contribution is 2.35. The Kier molecular flexibility index (Phi) is 7.83. The number of rotatable bonds is 10. The van der Waals surface area contributed by atoms with Crippen LogP contribution in [-0.2, 0) is 9.53 Å². The molecule has 0 spiro atoms. The highest BCUT2D eigenvalue weighted by atomic mass is 35.5. The van der Waals surface area contributed by atoms with E-state index in [1.165, 1.54) is 18.5 Å². The molecule has 0 amide bonds. The minimum Gasteiger partial charge on any atom is -0.493 e. The summed E-state index contributed by atoms with van der Waals surface area (Å²) in [5, 5.41) is 3.84. The molecule has 2 aromatic carbocycles. The van der Waals surface area contributed by atoms with Gasteiger partial charge in [0.25, 0.3) is 0 Å². The molecule has 0 aliphatic rings. The van der Waals surface area contributed by atoms with Gasteiger partial charge in [0.05, 0.1) is 30.9 Å². The number of hydrogen-bond acceptors (Lipinski definition) is 7. The molecular formula is C22H23ClFN3O4. The molecule has 0 unspecified atom stereocenters. The molecule has 0 fully saturated rings. The fourth-order valence-electron chi connectivity index (χ4n) is 2.93. The monoisotopic (exact) mass is 447 g/mol. The lowest BCUT2D eigenvalue weighted by Crippen LogP contribution is -2.05. The summed E-state index contributed by atoms with van der Waals surface area (Å²) in [6.07, 6.45) is 3.12. The molecule has 1 aromatic heterocycles. The van der Waals surface area contributed by atoms with E-state index in [4.69, 9.17) is 25.8 Å². The Morgan fingerprint density at radius 3 is 2.74 bits per heavy atom. The first-order chi connectivity index (χ1) is 15.0. The SMILES string of the molecule is CCOC(=O)CCCCOc1cc2c(Nc3ccc(F)c(Cl)c3)ncnc2cc1OC. The van der Waals surface area contributed by atoms with E-state index in [9.17, 15) is 9.18 Å². The van der Waals surface area contributed by atoms with E-state index in [0.717, 1.165) is 0 Å². The van der Waals surface area contributed by atoms with Crippen LogP contribution in [0.25, 0.3) is 10.9 Å². The van der Waals surface area contributed by atoms with E-state index in [1.807, 2.05) is 0 Å². The maximum absolute atomic E-state index is 13.4. The molecule has 1 N–H and O–H groups in total. The number of unbranched alkanes of at least 4 members (excludes halogenated alkanes) is 1. The first-order valence-electron chi connectivity index (χ1n) is 9.85. The van der Waals surface area contributed by atoms with Crippen LogP contribution in [-0.4, -0.2) is 36.3 Å². The smallest absolute Gasteiger partial charge is 0.305 e. The van der Waals surface area contributed by atoms with Crippen LogP contribution < -0.4 is 14.8 Å². The summed E-state index contributed by atoms with van der Waals surface area (Å²) in [6.45, 7) is 2.57. The largest absolute Gasteiger partial charge is 0.493 e. The van der Waals surface area contributed by atoms with Crippen molar-refractivity contribution in [3.8, 4) is 11.5 Å². The molecule has 0 bridgehead atoms. The van der Waals surface area contributed by atoms with E-state index in [-0.39, 0.29) is 11.0 Å². The Labute approximate surface area is 184 Å². The third-order valence-electron chi connectivity index (χ3n) is 4.44. The van der Waals surface area contributed by atoms with Crippen LogP contribution in [0.4, 0.5) is 15.9 Å². The molecule has 164 valence electrons. The topological polar surface area (TPSA) is 82.6 Å². The van der Waals surface area contributed by atoms with Gasteiger partial charge in [-0.25, -0.2) is 14.4 Å². The second kappa shape index (κ2) is 10.8. The van der Waals surface area contributed by atoms with Gasteiger partial charge in [0.1, 0.15) is 18.0 Å². The Morgan fingerprint density at radius 2 is 2.00 bits per heavy atom. The van der Waals surface area contributed by atoms with Crippen LogP contribution in [0.15, 0.2) is 36.7 Å². The van der Waals surface area contributed by atoms with Crippen LogP contribution in [0.2, 0.25) is 5.02 Å². The summed E-state index contributed by atoms with van der Waals surface area (Å²) in [6, 6.07) is 7.87. The average Bonchev–Trinajstić information content (AvgIpc) is 2.76. The number of fused-ring (bicyclic) bond motifs is 1. The van der Waals surface area contributed by atoms with Gasteiger partial charge in [-0.15, -0.1) is 0 Å². The number of esters is 1. The second-order valence-electron chi connectivity index (χ2n) is 6.61. The van der Waals surface area contributed by atoms with Gasteiger partial charge in [-0.3, -0.25) is 4.79 Å². The molecule has 0 atom stereocenters. The number of methoxy groups -OCH3 is 1. The second-order valence-corrected chi connectivity index (χ2v) is 7.01. The van der Waals surface area contributed by atoms with Crippen molar-refractivity contribution in [2.75, 3.05) is 25.6 Å². The third-order valence-corrected chi connectivity index (χ3v) is 4.73. The maximum Gasteiger partial charge on any atom is 0.305 e. The van der Waals surface area contributed by atoms with E-state index in [1.54, 1.807) is 32.2 Å². The zero-order valence-corrected chi connectivity index (χ0v) is 18.0. The van der Waals surface area contributed by atoms with Gasteiger partial charge in [-0.2, -0.15) is 0 Å². The number of benzene rings is 2. The lowest BCUT2D eigenvalue weighted by atomic mass is 10.2. The van der Waals surface area contributed by atoms with Gasteiger partial charge in [0.2, 0.25) is 0 Å². The lowest BCUT2D eigenvalue weighted by Gasteiger charge is -2.14. The molecule has 9 heteroatoms. The van der Waals surface area contributed by atoms with Gasteiger partial charge in [0.15, 0.2) is 11.5 Å². The zero-order valence-electron chi connectivity index (χ0n) is 17.3. The molecule has 3 rings (SSSR count). The molecule has 31 heavy (non-hydrogen) atoms. The van der Waals surface area contributed by atoms with Crippen LogP contribution in [0, 0.1) is 5.82 Å². The van der Waals surface area contributed by atoms with Crippen molar-refractivity contribution in [1.82, 2.24) is 9.97 Å². The molecule has 3 aromatic rings. The molecular weight excluding hydrogens is 425 g/mol. The number of nitrogens with zero attached hydrogens (tertiary/aromatic N) is 2. The van der Waals surface area contributed by atoms with Gasteiger partial charge in [0, 0.05) is 23.6 Å². The highest BCUT2D eigenvalue weighted by molar-refractivity contribution is 6.31. The predicted molar refractivity (Wildman–Crippen MR) is 117 cm³/mol. The van der Waals surface area contributed by atoms with Gasteiger partial charge in [-0.1, -0.05) is 11.6 Å². The van der Waals surface area contributed by atoms with Crippen molar-refractivity contribution < 1.29 is 23.4 Å². The lowest BCUT2D eigenvalue weighted by molar-refractivity contribution is -0.143. The molecule has 1 heterocycles. The predicted octanol–water partition coefficient (Wildman–Crippen LogP) is 5.29. The van der Waals surface area contributed by atoms with E-state index in [0.29, 0.717) is 66.4 Å². The van der Waals surface area contributed by atoms with Crippen molar-refractivity contribution in [2.24, 2.45) is 0 Å². The standard InChI is InChI=1S/C22H23ClFN3O4/c1-3-30-21(28)6-4-5-9-31-20-11-15-18(12-19(20)29-2)25-13-26-22(15)27-14-7-8-17(24)16(23)10-14/h7-8,10-13H,3-6,9H2,1-2H3,(H,25,26,27). The highest BCUT2D eigenvalue weighted by Gasteiger charge is 2.13.